The number of carbonyl (C=O) groups is 1. The van der Waals surface area contributed by atoms with E-state index in [-0.39, 0.29) is 21.7 Å². The second kappa shape index (κ2) is 5.39. The van der Waals surface area contributed by atoms with Crippen LogP contribution in [0.4, 0.5) is 8.78 Å². The van der Waals surface area contributed by atoms with E-state index in [1.807, 2.05) is 0 Å². The van der Waals surface area contributed by atoms with Crippen LogP contribution in [0.25, 0.3) is 0 Å². The molecule has 0 amide bonds. The number of hydrogen-bond acceptors (Lipinski definition) is 1. The van der Waals surface area contributed by atoms with E-state index in [9.17, 15) is 13.6 Å². The summed E-state index contributed by atoms with van der Waals surface area (Å²) in [5, 5.41) is -0.0320. The van der Waals surface area contributed by atoms with Crippen molar-refractivity contribution in [3.63, 3.8) is 0 Å². The van der Waals surface area contributed by atoms with Crippen LogP contribution in [-0.2, 0) is 0 Å². The number of rotatable bonds is 2. The molecule has 0 aliphatic heterocycles. The van der Waals surface area contributed by atoms with Gasteiger partial charge in [-0.15, -0.1) is 0 Å². The maximum absolute atomic E-state index is 13.7. The molecule has 0 aromatic heterocycles. The van der Waals surface area contributed by atoms with Crippen molar-refractivity contribution < 1.29 is 13.6 Å². The lowest BCUT2D eigenvalue weighted by atomic mass is 10.0. The zero-order valence-electron chi connectivity index (χ0n) is 9.81. The molecule has 5 heteroatoms. The molecule has 0 radical (unpaired) electrons. The molecule has 2 rings (SSSR count). The summed E-state index contributed by atoms with van der Waals surface area (Å²) >= 11 is 8.95. The van der Waals surface area contributed by atoms with Gasteiger partial charge in [0.05, 0.1) is 10.6 Å². The molecule has 0 fully saturated rings. The lowest BCUT2D eigenvalue weighted by molar-refractivity contribution is 0.103. The molecule has 0 spiro atoms. The molecule has 0 atom stereocenters. The molecule has 0 heterocycles. The lowest BCUT2D eigenvalue weighted by Crippen LogP contribution is -2.06. The van der Waals surface area contributed by atoms with Crippen molar-refractivity contribution in [3.05, 3.63) is 68.2 Å². The molecule has 0 aliphatic carbocycles. The van der Waals surface area contributed by atoms with Gasteiger partial charge in [-0.05, 0) is 42.8 Å². The minimum Gasteiger partial charge on any atom is -0.288 e. The average Bonchev–Trinajstić information content (AvgIpc) is 2.33. The van der Waals surface area contributed by atoms with E-state index >= 15 is 0 Å². The van der Waals surface area contributed by atoms with Crippen LogP contribution < -0.4 is 0 Å². The Kier molecular flexibility index (Phi) is 4.02. The van der Waals surface area contributed by atoms with Gasteiger partial charge in [-0.3, -0.25) is 4.79 Å². The Hall–Kier alpha value is -1.26. The van der Waals surface area contributed by atoms with E-state index in [1.165, 1.54) is 25.1 Å². The predicted molar refractivity (Wildman–Crippen MR) is 73.7 cm³/mol. The molecule has 0 saturated heterocycles. The van der Waals surface area contributed by atoms with E-state index in [1.54, 1.807) is 6.07 Å². The van der Waals surface area contributed by atoms with Crippen molar-refractivity contribution in [2.45, 2.75) is 6.92 Å². The van der Waals surface area contributed by atoms with E-state index in [2.05, 4.69) is 15.9 Å². The van der Waals surface area contributed by atoms with Gasteiger partial charge in [0, 0.05) is 10.0 Å². The second-order valence-electron chi connectivity index (χ2n) is 4.03. The summed E-state index contributed by atoms with van der Waals surface area (Å²) in [4.78, 5) is 12.2. The summed E-state index contributed by atoms with van der Waals surface area (Å²) in [6, 6.07) is 6.48. The third-order valence-electron chi connectivity index (χ3n) is 2.67. The number of carbonyl (C=O) groups excluding carboxylic acids is 1. The third-order valence-corrected chi connectivity index (χ3v) is 3.47. The van der Waals surface area contributed by atoms with Crippen LogP contribution in [0, 0.1) is 18.6 Å². The maximum atomic E-state index is 13.7. The van der Waals surface area contributed by atoms with Crippen molar-refractivity contribution in [2.75, 3.05) is 0 Å². The zero-order valence-corrected chi connectivity index (χ0v) is 12.1. The summed E-state index contributed by atoms with van der Waals surface area (Å²) in [6.45, 7) is 1.51. The number of ketones is 1. The van der Waals surface area contributed by atoms with Gasteiger partial charge in [0.2, 0.25) is 0 Å². The first-order chi connectivity index (χ1) is 8.90. The second-order valence-corrected chi connectivity index (χ2v) is 5.36. The van der Waals surface area contributed by atoms with E-state index < -0.39 is 17.4 Å². The van der Waals surface area contributed by atoms with Gasteiger partial charge < -0.3 is 0 Å². The van der Waals surface area contributed by atoms with Gasteiger partial charge in [0.15, 0.2) is 5.78 Å². The highest BCUT2D eigenvalue weighted by molar-refractivity contribution is 9.10. The first kappa shape index (κ1) is 14.2. The quantitative estimate of drug-likeness (QED) is 0.706. The molecular formula is C14H8BrClF2O. The van der Waals surface area contributed by atoms with Crippen molar-refractivity contribution in [3.8, 4) is 0 Å². The predicted octanol–water partition coefficient (Wildman–Crippen LogP) is 4.92. The zero-order chi connectivity index (χ0) is 14.2. The smallest absolute Gasteiger partial charge is 0.197 e. The highest BCUT2D eigenvalue weighted by atomic mass is 79.9. The van der Waals surface area contributed by atoms with Crippen LogP contribution in [-0.4, -0.2) is 5.78 Å². The summed E-state index contributed by atoms with van der Waals surface area (Å²) in [5.74, 6) is -1.73. The van der Waals surface area contributed by atoms with Crippen LogP contribution in [0.5, 0.6) is 0 Å². The first-order valence-corrected chi connectivity index (χ1v) is 6.52. The summed E-state index contributed by atoms with van der Waals surface area (Å²) in [5.41, 5.74) is 0.267. The standard InChI is InChI=1S/C14H8BrClF2O/c1-7-4-10(11(16)6-12(7)17)14(19)9-3-2-8(15)5-13(9)18/h2-6H,1H3. The Morgan fingerprint density at radius 3 is 2.42 bits per heavy atom. The number of halogens is 4. The van der Waals surface area contributed by atoms with Crippen LogP contribution in [0.2, 0.25) is 5.02 Å². The summed E-state index contributed by atoms with van der Waals surface area (Å²) in [6.07, 6.45) is 0. The van der Waals surface area contributed by atoms with Crippen LogP contribution in [0.3, 0.4) is 0 Å². The fourth-order valence-corrected chi connectivity index (χ4v) is 2.22. The highest BCUT2D eigenvalue weighted by Crippen LogP contribution is 2.25. The number of aryl methyl sites for hydroxylation is 1. The fourth-order valence-electron chi connectivity index (χ4n) is 1.65. The summed E-state index contributed by atoms with van der Waals surface area (Å²) in [7, 11) is 0. The van der Waals surface area contributed by atoms with Gasteiger partial charge in [-0.2, -0.15) is 0 Å². The normalized spacial score (nSPS) is 10.6. The third kappa shape index (κ3) is 2.85. The van der Waals surface area contributed by atoms with Gasteiger partial charge >= 0.3 is 0 Å². The van der Waals surface area contributed by atoms with Crippen molar-refractivity contribution >= 4 is 33.3 Å². The van der Waals surface area contributed by atoms with Crippen molar-refractivity contribution in [2.24, 2.45) is 0 Å². The Morgan fingerprint density at radius 2 is 1.79 bits per heavy atom. The summed E-state index contributed by atoms with van der Waals surface area (Å²) < 4.78 is 27.5. The Balaban J connectivity index is 2.53. The first-order valence-electron chi connectivity index (χ1n) is 5.35. The Bertz CT molecular complexity index is 671. The monoisotopic (exact) mass is 344 g/mol. The van der Waals surface area contributed by atoms with Crippen LogP contribution in [0.1, 0.15) is 21.5 Å². The van der Waals surface area contributed by atoms with Crippen LogP contribution >= 0.6 is 27.5 Å². The molecule has 19 heavy (non-hydrogen) atoms. The molecule has 0 saturated carbocycles. The molecule has 2 aromatic carbocycles. The number of benzene rings is 2. The molecule has 98 valence electrons. The minimum absolute atomic E-state index is 0.0320. The van der Waals surface area contributed by atoms with E-state index in [0.29, 0.717) is 4.47 Å². The molecule has 0 bridgehead atoms. The topological polar surface area (TPSA) is 17.1 Å². The molecular weight excluding hydrogens is 338 g/mol. The van der Waals surface area contributed by atoms with Gasteiger partial charge in [0.25, 0.3) is 0 Å². The largest absolute Gasteiger partial charge is 0.288 e. The van der Waals surface area contributed by atoms with Gasteiger partial charge in [-0.25, -0.2) is 8.78 Å². The van der Waals surface area contributed by atoms with Gasteiger partial charge in [-0.1, -0.05) is 27.5 Å². The molecule has 1 nitrogen and oxygen atoms in total. The minimum atomic E-state index is -0.655. The highest BCUT2D eigenvalue weighted by Gasteiger charge is 2.18. The molecule has 0 unspecified atom stereocenters. The van der Waals surface area contributed by atoms with Gasteiger partial charge in [0.1, 0.15) is 11.6 Å². The fraction of sp³-hybridized carbons (Fsp3) is 0.0714. The average molecular weight is 346 g/mol. The van der Waals surface area contributed by atoms with Crippen LogP contribution in [0.15, 0.2) is 34.8 Å². The molecule has 2 aromatic rings. The van der Waals surface area contributed by atoms with E-state index in [0.717, 1.165) is 6.07 Å². The Labute approximate surface area is 122 Å². The molecule has 0 aliphatic rings. The van der Waals surface area contributed by atoms with E-state index in [4.69, 9.17) is 11.6 Å². The molecule has 0 N–H and O–H groups in total. The van der Waals surface area contributed by atoms with Crippen molar-refractivity contribution in [1.29, 1.82) is 0 Å². The Morgan fingerprint density at radius 1 is 1.11 bits per heavy atom. The SMILES string of the molecule is Cc1cc(C(=O)c2ccc(Br)cc2F)c(Cl)cc1F. The maximum Gasteiger partial charge on any atom is 0.197 e. The lowest BCUT2D eigenvalue weighted by Gasteiger charge is -2.07. The number of hydrogen-bond donors (Lipinski definition) is 0. The van der Waals surface area contributed by atoms with Crippen molar-refractivity contribution in [1.82, 2.24) is 0 Å².